The summed E-state index contributed by atoms with van der Waals surface area (Å²) >= 11 is 0. The Hall–Kier alpha value is -3.33. The third-order valence-electron chi connectivity index (χ3n) is 10.1. The molecule has 0 saturated carbocycles. The molecular weight excluding hydrogens is 834 g/mol. The Bertz CT molecular complexity index is 1430. The fourth-order valence-electron chi connectivity index (χ4n) is 6.41. The molecule has 0 saturated heterocycles. The Morgan fingerprint density at radius 2 is 0.846 bits per heavy atom. The third-order valence-corrected chi connectivity index (χ3v) is 11.1. The molecule has 0 aromatic heterocycles. The van der Waals surface area contributed by atoms with E-state index in [0.29, 0.717) is 6.42 Å². The molecule has 0 amide bonds. The van der Waals surface area contributed by atoms with Gasteiger partial charge in [-0.15, -0.1) is 0 Å². The molecule has 2 unspecified atom stereocenters. The number of phosphoric acid groups is 1. The van der Waals surface area contributed by atoms with E-state index >= 15 is 0 Å². The van der Waals surface area contributed by atoms with Gasteiger partial charge in [-0.05, 0) is 103 Å². The molecule has 9 nitrogen and oxygen atoms in total. The van der Waals surface area contributed by atoms with Gasteiger partial charge in [-0.1, -0.05) is 187 Å². The van der Waals surface area contributed by atoms with E-state index in [1.807, 2.05) is 0 Å². The van der Waals surface area contributed by atoms with Crippen molar-refractivity contribution >= 4 is 19.8 Å². The summed E-state index contributed by atoms with van der Waals surface area (Å²) in [7, 11) is -4.40. The molecule has 0 radical (unpaired) electrons. The van der Waals surface area contributed by atoms with E-state index in [-0.39, 0.29) is 32.6 Å². The highest BCUT2D eigenvalue weighted by molar-refractivity contribution is 7.47. The van der Waals surface area contributed by atoms with Gasteiger partial charge < -0.3 is 20.1 Å². The van der Waals surface area contributed by atoms with E-state index in [4.69, 9.17) is 24.3 Å². The summed E-state index contributed by atoms with van der Waals surface area (Å²) in [6.07, 6.45) is 66.9. The summed E-state index contributed by atoms with van der Waals surface area (Å²) in [6.45, 7) is 3.54. The monoisotopic (exact) mass is 926 g/mol. The van der Waals surface area contributed by atoms with Crippen molar-refractivity contribution < 1.29 is 37.6 Å². The van der Waals surface area contributed by atoms with Gasteiger partial charge in [0.15, 0.2) is 6.10 Å². The van der Waals surface area contributed by atoms with Crippen molar-refractivity contribution in [3.05, 3.63) is 109 Å². The van der Waals surface area contributed by atoms with Crippen LogP contribution in [0.2, 0.25) is 0 Å². The first-order valence-electron chi connectivity index (χ1n) is 25.4. The first-order chi connectivity index (χ1) is 31.8. The van der Waals surface area contributed by atoms with Crippen LogP contribution in [0.25, 0.3) is 0 Å². The zero-order chi connectivity index (χ0) is 47.4. The number of hydrogen-bond donors (Lipinski definition) is 2. The zero-order valence-electron chi connectivity index (χ0n) is 40.9. The van der Waals surface area contributed by atoms with Crippen LogP contribution in [0.4, 0.5) is 0 Å². The van der Waals surface area contributed by atoms with Crippen LogP contribution in [0.1, 0.15) is 194 Å². The predicted molar refractivity (Wildman–Crippen MR) is 275 cm³/mol. The molecule has 0 bridgehead atoms. The maximum absolute atomic E-state index is 12.6. The van der Waals surface area contributed by atoms with Crippen LogP contribution in [0.15, 0.2) is 109 Å². The Morgan fingerprint density at radius 1 is 0.477 bits per heavy atom. The van der Waals surface area contributed by atoms with Gasteiger partial charge in [0, 0.05) is 19.4 Å². The smallest absolute Gasteiger partial charge is 0.462 e. The predicted octanol–water partition coefficient (Wildman–Crippen LogP) is 15.5. The van der Waals surface area contributed by atoms with Crippen LogP contribution < -0.4 is 5.73 Å². The van der Waals surface area contributed by atoms with Crippen molar-refractivity contribution in [2.24, 2.45) is 5.73 Å². The number of allylic oxidation sites excluding steroid dienone is 18. The van der Waals surface area contributed by atoms with Gasteiger partial charge in [0.1, 0.15) is 6.61 Å². The number of unbranched alkanes of at least 4 members (excludes halogenated alkanes) is 15. The van der Waals surface area contributed by atoms with E-state index in [1.165, 1.54) is 57.8 Å². The van der Waals surface area contributed by atoms with Crippen molar-refractivity contribution in [2.45, 2.75) is 200 Å². The molecule has 3 N–H and O–H groups in total. The number of ether oxygens (including phenoxy) is 2. The summed E-state index contributed by atoms with van der Waals surface area (Å²) in [5, 5.41) is 0. The molecular formula is C55H92NO8P. The first kappa shape index (κ1) is 61.7. The zero-order valence-corrected chi connectivity index (χ0v) is 41.8. The molecule has 370 valence electrons. The number of hydrogen-bond acceptors (Lipinski definition) is 8. The standard InChI is InChI=1S/C55H92NO8P/c1-3-5-7-9-11-13-15-17-19-21-23-24-25-26-27-28-30-32-34-36-38-40-42-44-46-48-55(58)64-53(52-63-65(59,60)62-50-49-56)51-61-54(57)47-45-43-41-39-37-35-33-31-29-22-20-18-16-14-12-10-8-6-4-2/h5,7,11-14,17-20,23-24,26-27,30,32,36,38,53H,3-4,6,8-10,15-16,21-22,25,28-29,31,33-35,37,39-52,56H2,1-2H3,(H,59,60)/b7-5-,13-11-,14-12-,19-17-,20-18-,24-23-,27-26-,32-30-,38-36-. The first-order valence-corrected chi connectivity index (χ1v) is 26.9. The number of carbonyl (C=O) groups is 2. The largest absolute Gasteiger partial charge is 0.472 e. The van der Waals surface area contributed by atoms with Gasteiger partial charge in [-0.2, -0.15) is 0 Å². The van der Waals surface area contributed by atoms with E-state index in [0.717, 1.165) is 103 Å². The summed E-state index contributed by atoms with van der Waals surface area (Å²) < 4.78 is 32.9. The number of carbonyl (C=O) groups excluding carboxylic acids is 2. The molecule has 10 heteroatoms. The van der Waals surface area contributed by atoms with Crippen molar-refractivity contribution in [2.75, 3.05) is 26.4 Å². The number of phosphoric ester groups is 1. The summed E-state index contributed by atoms with van der Waals surface area (Å²) in [5.41, 5.74) is 5.36. The third kappa shape index (κ3) is 49.9. The van der Waals surface area contributed by atoms with Crippen molar-refractivity contribution in [1.82, 2.24) is 0 Å². The lowest BCUT2D eigenvalue weighted by atomic mass is 10.1. The Labute approximate surface area is 397 Å². The topological polar surface area (TPSA) is 134 Å². The lowest BCUT2D eigenvalue weighted by molar-refractivity contribution is -0.161. The second-order valence-corrected chi connectivity index (χ2v) is 17.8. The molecule has 0 aliphatic carbocycles. The molecule has 65 heavy (non-hydrogen) atoms. The summed E-state index contributed by atoms with van der Waals surface area (Å²) in [6, 6.07) is 0. The molecule has 0 aliphatic heterocycles. The van der Waals surface area contributed by atoms with Crippen molar-refractivity contribution in [1.29, 1.82) is 0 Å². The molecule has 0 aliphatic rings. The van der Waals surface area contributed by atoms with E-state index in [9.17, 15) is 19.0 Å². The Kier molecular flexibility index (Phi) is 47.5. The van der Waals surface area contributed by atoms with Crippen LogP contribution in [0.3, 0.4) is 0 Å². The quantitative estimate of drug-likeness (QED) is 0.0265. The number of rotatable bonds is 46. The Morgan fingerprint density at radius 3 is 1.28 bits per heavy atom. The average Bonchev–Trinajstić information content (AvgIpc) is 3.30. The lowest BCUT2D eigenvalue weighted by Gasteiger charge is -2.19. The normalized spacial score (nSPS) is 14.1. The van der Waals surface area contributed by atoms with Gasteiger partial charge in [0.2, 0.25) is 0 Å². The summed E-state index contributed by atoms with van der Waals surface area (Å²) in [5.74, 6) is -0.879. The molecule has 0 aromatic rings. The minimum Gasteiger partial charge on any atom is -0.462 e. The van der Waals surface area contributed by atoms with E-state index in [1.54, 1.807) is 0 Å². The minimum atomic E-state index is -4.40. The highest BCUT2D eigenvalue weighted by Gasteiger charge is 2.26. The maximum Gasteiger partial charge on any atom is 0.472 e. The molecule has 0 rings (SSSR count). The maximum atomic E-state index is 12.6. The summed E-state index contributed by atoms with van der Waals surface area (Å²) in [4.78, 5) is 35.1. The van der Waals surface area contributed by atoms with Gasteiger partial charge in [-0.25, -0.2) is 4.57 Å². The van der Waals surface area contributed by atoms with Crippen LogP contribution in [-0.2, 0) is 32.7 Å². The number of esters is 2. The highest BCUT2D eigenvalue weighted by Crippen LogP contribution is 2.43. The highest BCUT2D eigenvalue weighted by atomic mass is 31.2. The van der Waals surface area contributed by atoms with Gasteiger partial charge in [0.25, 0.3) is 0 Å². The van der Waals surface area contributed by atoms with Crippen molar-refractivity contribution in [3.63, 3.8) is 0 Å². The second-order valence-electron chi connectivity index (χ2n) is 16.3. The van der Waals surface area contributed by atoms with Crippen LogP contribution in [0, 0.1) is 0 Å². The average molecular weight is 926 g/mol. The lowest BCUT2D eigenvalue weighted by Crippen LogP contribution is -2.29. The molecule has 0 heterocycles. The fraction of sp³-hybridized carbons (Fsp3) is 0.636. The fourth-order valence-corrected chi connectivity index (χ4v) is 7.17. The van der Waals surface area contributed by atoms with Crippen molar-refractivity contribution in [3.8, 4) is 0 Å². The molecule has 0 fully saturated rings. The van der Waals surface area contributed by atoms with Gasteiger partial charge in [-0.3, -0.25) is 18.6 Å². The SMILES string of the molecule is CC/C=C\C/C=C\C/C=C\C/C=C\C/C=C\C/C=C\C/C=C\CCCCCC(=O)OC(COC(=O)CCCCCCCCCCC/C=C\C/C=C\CCCCC)COP(=O)(O)OCCN. The number of nitrogens with two attached hydrogens (primary N) is 1. The molecule has 2 atom stereocenters. The Balaban J connectivity index is 4.18. The van der Waals surface area contributed by atoms with Crippen LogP contribution >= 0.6 is 7.82 Å². The van der Waals surface area contributed by atoms with Crippen LogP contribution in [0.5, 0.6) is 0 Å². The van der Waals surface area contributed by atoms with Gasteiger partial charge in [0.05, 0.1) is 13.2 Å². The molecule has 0 aromatic carbocycles. The molecule has 0 spiro atoms. The van der Waals surface area contributed by atoms with E-state index < -0.39 is 32.5 Å². The van der Waals surface area contributed by atoms with E-state index in [2.05, 4.69) is 123 Å². The van der Waals surface area contributed by atoms with Gasteiger partial charge >= 0.3 is 19.8 Å². The minimum absolute atomic E-state index is 0.0408. The second kappa shape index (κ2) is 50.1. The van der Waals surface area contributed by atoms with Crippen LogP contribution in [-0.4, -0.2) is 49.3 Å².